The quantitative estimate of drug-likeness (QED) is 0.789. The van der Waals surface area contributed by atoms with E-state index >= 15 is 0 Å². The Labute approximate surface area is 124 Å². The molecule has 1 heterocycles. The number of ether oxygens (including phenoxy) is 1. The molecule has 108 valence electrons. The minimum atomic E-state index is -0.932. The molecular formula is C17H17NO3. The van der Waals surface area contributed by atoms with E-state index in [1.165, 1.54) is 6.26 Å². The number of carbonyl (C=O) groups excluding carboxylic acids is 1. The van der Waals surface area contributed by atoms with E-state index in [0.717, 1.165) is 11.1 Å². The van der Waals surface area contributed by atoms with Gasteiger partial charge < -0.3 is 9.15 Å². The Kier molecular flexibility index (Phi) is 4.78. The lowest BCUT2D eigenvalue weighted by atomic mass is 9.84. The van der Waals surface area contributed by atoms with Crippen molar-refractivity contribution < 1.29 is 13.9 Å². The number of esters is 1. The first-order valence-corrected chi connectivity index (χ1v) is 6.83. The average Bonchev–Trinajstić information content (AvgIpc) is 3.00. The Morgan fingerprint density at radius 1 is 1.33 bits per heavy atom. The maximum atomic E-state index is 12.1. The zero-order valence-electron chi connectivity index (χ0n) is 12.1. The van der Waals surface area contributed by atoms with Crippen LogP contribution in [0.1, 0.15) is 29.7 Å². The number of hydrogen-bond donors (Lipinski definition) is 0. The van der Waals surface area contributed by atoms with E-state index < -0.39 is 17.8 Å². The molecule has 21 heavy (non-hydrogen) atoms. The van der Waals surface area contributed by atoms with Gasteiger partial charge in [0.1, 0.15) is 5.76 Å². The van der Waals surface area contributed by atoms with Gasteiger partial charge in [-0.3, -0.25) is 4.79 Å². The number of benzene rings is 1. The highest BCUT2D eigenvalue weighted by Crippen LogP contribution is 2.33. The summed E-state index contributed by atoms with van der Waals surface area (Å²) in [6.45, 7) is 3.95. The van der Waals surface area contributed by atoms with Crippen LogP contribution in [0.3, 0.4) is 0 Å². The van der Waals surface area contributed by atoms with Gasteiger partial charge in [-0.1, -0.05) is 29.8 Å². The number of nitriles is 1. The monoisotopic (exact) mass is 283 g/mol. The number of furan rings is 1. The molecule has 0 bridgehead atoms. The third kappa shape index (κ3) is 3.32. The van der Waals surface area contributed by atoms with Gasteiger partial charge in [0, 0.05) is 0 Å². The molecule has 0 saturated carbocycles. The second-order valence-electron chi connectivity index (χ2n) is 4.76. The topological polar surface area (TPSA) is 63.2 Å². The minimum absolute atomic E-state index is 0.246. The van der Waals surface area contributed by atoms with Crippen LogP contribution in [0.4, 0.5) is 0 Å². The summed E-state index contributed by atoms with van der Waals surface area (Å²) in [5.41, 5.74) is 1.97. The summed E-state index contributed by atoms with van der Waals surface area (Å²) < 4.78 is 10.4. The summed E-state index contributed by atoms with van der Waals surface area (Å²) in [5.74, 6) is -1.34. The SMILES string of the molecule is CCOC(=O)[C@@H](C#N)[C@H](c1ccc(C)cc1)c1ccco1. The van der Waals surface area contributed by atoms with Gasteiger partial charge in [-0.15, -0.1) is 0 Å². The van der Waals surface area contributed by atoms with E-state index in [0.29, 0.717) is 5.76 Å². The van der Waals surface area contributed by atoms with Crippen molar-refractivity contribution in [2.75, 3.05) is 6.61 Å². The summed E-state index contributed by atoms with van der Waals surface area (Å²) in [6, 6.07) is 13.3. The smallest absolute Gasteiger partial charge is 0.324 e. The zero-order valence-corrected chi connectivity index (χ0v) is 12.1. The highest BCUT2D eigenvalue weighted by Gasteiger charge is 2.34. The van der Waals surface area contributed by atoms with Crippen LogP contribution in [0.2, 0.25) is 0 Å². The zero-order chi connectivity index (χ0) is 15.2. The van der Waals surface area contributed by atoms with Crippen LogP contribution in [0.15, 0.2) is 47.1 Å². The van der Waals surface area contributed by atoms with Crippen molar-refractivity contribution in [2.24, 2.45) is 5.92 Å². The molecule has 4 heteroatoms. The van der Waals surface area contributed by atoms with E-state index in [4.69, 9.17) is 9.15 Å². The second kappa shape index (κ2) is 6.76. The average molecular weight is 283 g/mol. The van der Waals surface area contributed by atoms with Gasteiger partial charge in [0.25, 0.3) is 0 Å². The van der Waals surface area contributed by atoms with E-state index in [1.807, 2.05) is 31.2 Å². The molecule has 0 aliphatic rings. The molecule has 0 N–H and O–H groups in total. The molecule has 0 unspecified atom stereocenters. The lowest BCUT2D eigenvalue weighted by Crippen LogP contribution is -2.24. The van der Waals surface area contributed by atoms with Crippen molar-refractivity contribution in [1.29, 1.82) is 5.26 Å². The Balaban J connectivity index is 2.43. The first-order chi connectivity index (χ1) is 10.2. The molecule has 0 aliphatic carbocycles. The van der Waals surface area contributed by atoms with Crippen molar-refractivity contribution in [1.82, 2.24) is 0 Å². The molecule has 1 aromatic carbocycles. The summed E-state index contributed by atoms with van der Waals surface area (Å²) in [4.78, 5) is 12.1. The molecule has 0 amide bonds. The van der Waals surface area contributed by atoms with Crippen molar-refractivity contribution >= 4 is 5.97 Å². The Hall–Kier alpha value is -2.54. The van der Waals surface area contributed by atoms with Crippen molar-refractivity contribution in [3.63, 3.8) is 0 Å². The molecule has 1 aromatic heterocycles. The first kappa shape index (κ1) is 14.9. The van der Waals surface area contributed by atoms with Gasteiger partial charge in [0.05, 0.1) is 24.9 Å². The van der Waals surface area contributed by atoms with E-state index in [1.54, 1.807) is 19.1 Å². The van der Waals surface area contributed by atoms with Crippen LogP contribution in [0, 0.1) is 24.2 Å². The minimum Gasteiger partial charge on any atom is -0.469 e. The van der Waals surface area contributed by atoms with Crippen LogP contribution < -0.4 is 0 Å². The second-order valence-corrected chi connectivity index (χ2v) is 4.76. The number of rotatable bonds is 5. The number of hydrogen-bond acceptors (Lipinski definition) is 4. The summed E-state index contributed by atoms with van der Waals surface area (Å²) in [6.07, 6.45) is 1.54. The first-order valence-electron chi connectivity index (χ1n) is 6.83. The molecule has 4 nitrogen and oxygen atoms in total. The van der Waals surface area contributed by atoms with Crippen molar-refractivity contribution in [3.8, 4) is 6.07 Å². The fourth-order valence-electron chi connectivity index (χ4n) is 2.26. The molecule has 0 radical (unpaired) electrons. The Morgan fingerprint density at radius 3 is 2.57 bits per heavy atom. The fraction of sp³-hybridized carbons (Fsp3) is 0.294. The summed E-state index contributed by atoms with van der Waals surface area (Å²) in [7, 11) is 0. The molecule has 0 fully saturated rings. The predicted molar refractivity (Wildman–Crippen MR) is 77.5 cm³/mol. The van der Waals surface area contributed by atoms with Crippen LogP contribution in [0.25, 0.3) is 0 Å². The molecule has 2 atom stereocenters. The molecule has 2 aromatic rings. The van der Waals surface area contributed by atoms with Gasteiger partial charge in [-0.2, -0.15) is 5.26 Å². The highest BCUT2D eigenvalue weighted by molar-refractivity contribution is 5.77. The third-order valence-electron chi connectivity index (χ3n) is 3.30. The predicted octanol–water partition coefficient (Wildman–Crippen LogP) is 3.42. The number of carbonyl (C=O) groups is 1. The lowest BCUT2D eigenvalue weighted by molar-refractivity contribution is -0.146. The van der Waals surface area contributed by atoms with Crippen LogP contribution in [-0.2, 0) is 9.53 Å². The van der Waals surface area contributed by atoms with Crippen LogP contribution in [0.5, 0.6) is 0 Å². The fourth-order valence-corrected chi connectivity index (χ4v) is 2.26. The van der Waals surface area contributed by atoms with Gasteiger partial charge >= 0.3 is 5.97 Å². The van der Waals surface area contributed by atoms with Gasteiger partial charge in [0.15, 0.2) is 5.92 Å². The highest BCUT2D eigenvalue weighted by atomic mass is 16.5. The number of aryl methyl sites for hydroxylation is 1. The number of nitrogens with zero attached hydrogens (tertiary/aromatic N) is 1. The third-order valence-corrected chi connectivity index (χ3v) is 3.30. The van der Waals surface area contributed by atoms with Gasteiger partial charge in [0.2, 0.25) is 0 Å². The maximum Gasteiger partial charge on any atom is 0.324 e. The maximum absolute atomic E-state index is 12.1. The van der Waals surface area contributed by atoms with E-state index in [2.05, 4.69) is 6.07 Å². The van der Waals surface area contributed by atoms with Crippen LogP contribution >= 0.6 is 0 Å². The summed E-state index contributed by atoms with van der Waals surface area (Å²) in [5, 5.41) is 9.42. The van der Waals surface area contributed by atoms with Gasteiger partial charge in [-0.25, -0.2) is 0 Å². The standard InChI is InChI=1S/C17H17NO3/c1-3-20-17(19)14(11-18)16(15-5-4-10-21-15)13-8-6-12(2)7-9-13/h4-10,14,16H,3H2,1-2H3/t14-,16-/m0/s1. The van der Waals surface area contributed by atoms with Gasteiger partial charge in [-0.05, 0) is 31.5 Å². The van der Waals surface area contributed by atoms with E-state index in [9.17, 15) is 10.1 Å². The van der Waals surface area contributed by atoms with Crippen LogP contribution in [-0.4, -0.2) is 12.6 Å². The normalized spacial score (nSPS) is 13.2. The molecular weight excluding hydrogens is 266 g/mol. The largest absolute Gasteiger partial charge is 0.469 e. The molecule has 0 aliphatic heterocycles. The summed E-state index contributed by atoms with van der Waals surface area (Å²) >= 11 is 0. The molecule has 0 spiro atoms. The molecule has 0 saturated heterocycles. The van der Waals surface area contributed by atoms with Crippen molar-refractivity contribution in [2.45, 2.75) is 19.8 Å². The van der Waals surface area contributed by atoms with E-state index in [-0.39, 0.29) is 6.61 Å². The molecule has 2 rings (SSSR count). The Bertz CT molecular complexity index is 623. The lowest BCUT2D eigenvalue weighted by Gasteiger charge is -2.19. The Morgan fingerprint density at radius 2 is 2.05 bits per heavy atom. The van der Waals surface area contributed by atoms with Crippen molar-refractivity contribution in [3.05, 3.63) is 59.5 Å².